The Bertz CT molecular complexity index is 329. The zero-order chi connectivity index (χ0) is 10.0. The third-order valence-electron chi connectivity index (χ3n) is 2.94. The minimum absolute atomic E-state index is 0.421. The van der Waals surface area contributed by atoms with Crippen LogP contribution in [0.15, 0.2) is 12.7 Å². The second kappa shape index (κ2) is 3.39. The molecule has 1 aliphatic heterocycles. The summed E-state index contributed by atoms with van der Waals surface area (Å²) in [5.41, 5.74) is -0.421. The molecule has 0 spiro atoms. The third-order valence-corrected chi connectivity index (χ3v) is 2.94. The molecular formula is C9H13N5. The average Bonchev–Trinajstić information content (AvgIpc) is 2.73. The van der Waals surface area contributed by atoms with Gasteiger partial charge < -0.3 is 9.47 Å². The van der Waals surface area contributed by atoms with Crippen LogP contribution < -0.4 is 0 Å². The maximum absolute atomic E-state index is 9.25. The van der Waals surface area contributed by atoms with Crippen molar-refractivity contribution in [3.05, 3.63) is 12.7 Å². The van der Waals surface area contributed by atoms with Gasteiger partial charge >= 0.3 is 0 Å². The predicted octanol–water partition coefficient (Wildman–Crippen LogP) is 0.223. The van der Waals surface area contributed by atoms with Gasteiger partial charge in [-0.1, -0.05) is 0 Å². The number of likely N-dealkylation sites (tertiary alicyclic amines) is 1. The molecule has 0 saturated carbocycles. The minimum atomic E-state index is -0.421. The minimum Gasteiger partial charge on any atom is -0.306 e. The number of aromatic nitrogens is 3. The van der Waals surface area contributed by atoms with E-state index in [2.05, 4.69) is 28.2 Å². The molecule has 1 aliphatic rings. The number of hydrogen-bond acceptors (Lipinski definition) is 4. The standard InChI is InChI=1S/C9H13N5/c1-13-4-2-9(6-10,3-5-13)14-7-11-12-8-14/h7-8H,2-5H2,1H3. The van der Waals surface area contributed by atoms with Crippen LogP contribution in [0.3, 0.4) is 0 Å². The summed E-state index contributed by atoms with van der Waals surface area (Å²) >= 11 is 0. The van der Waals surface area contributed by atoms with Gasteiger partial charge in [-0.15, -0.1) is 10.2 Å². The molecule has 74 valence electrons. The Balaban J connectivity index is 2.24. The van der Waals surface area contributed by atoms with Crippen molar-refractivity contribution in [2.45, 2.75) is 18.4 Å². The van der Waals surface area contributed by atoms with Gasteiger partial charge in [0.15, 0.2) is 0 Å². The molecule has 1 saturated heterocycles. The van der Waals surface area contributed by atoms with Crippen molar-refractivity contribution in [2.75, 3.05) is 20.1 Å². The van der Waals surface area contributed by atoms with Gasteiger partial charge in [-0.2, -0.15) is 5.26 Å². The average molecular weight is 191 g/mol. The molecule has 2 rings (SSSR count). The molecule has 0 aromatic carbocycles. The smallest absolute Gasteiger partial charge is 0.136 e. The van der Waals surface area contributed by atoms with Crippen molar-refractivity contribution in [1.29, 1.82) is 5.26 Å². The molecule has 0 bridgehead atoms. The first-order valence-corrected chi connectivity index (χ1v) is 4.72. The van der Waals surface area contributed by atoms with Crippen molar-refractivity contribution < 1.29 is 0 Å². The van der Waals surface area contributed by atoms with Crippen molar-refractivity contribution in [2.24, 2.45) is 0 Å². The van der Waals surface area contributed by atoms with E-state index in [4.69, 9.17) is 0 Å². The zero-order valence-corrected chi connectivity index (χ0v) is 8.22. The summed E-state index contributed by atoms with van der Waals surface area (Å²) in [7, 11) is 2.08. The Morgan fingerprint density at radius 1 is 1.29 bits per heavy atom. The van der Waals surface area contributed by atoms with E-state index in [1.54, 1.807) is 12.7 Å². The van der Waals surface area contributed by atoms with Gasteiger partial charge in [0, 0.05) is 13.1 Å². The highest BCUT2D eigenvalue weighted by Crippen LogP contribution is 2.28. The first-order valence-electron chi connectivity index (χ1n) is 4.72. The zero-order valence-electron chi connectivity index (χ0n) is 8.22. The summed E-state index contributed by atoms with van der Waals surface area (Å²) in [6.07, 6.45) is 4.96. The first-order chi connectivity index (χ1) is 6.77. The molecule has 0 atom stereocenters. The van der Waals surface area contributed by atoms with Gasteiger partial charge in [0.1, 0.15) is 18.2 Å². The Labute approximate surface area is 83.0 Å². The fourth-order valence-corrected chi connectivity index (χ4v) is 1.84. The maximum Gasteiger partial charge on any atom is 0.136 e. The summed E-state index contributed by atoms with van der Waals surface area (Å²) in [6.45, 7) is 1.90. The molecule has 0 radical (unpaired) electrons. The number of piperidine rings is 1. The lowest BCUT2D eigenvalue weighted by Gasteiger charge is -2.35. The molecular weight excluding hydrogens is 178 g/mol. The van der Waals surface area contributed by atoms with Crippen LogP contribution in [0.5, 0.6) is 0 Å². The van der Waals surface area contributed by atoms with Gasteiger partial charge in [-0.05, 0) is 19.9 Å². The number of rotatable bonds is 1. The molecule has 1 aromatic heterocycles. The topological polar surface area (TPSA) is 57.7 Å². The Morgan fingerprint density at radius 2 is 1.86 bits per heavy atom. The molecule has 0 unspecified atom stereocenters. The Hall–Kier alpha value is -1.41. The Morgan fingerprint density at radius 3 is 2.36 bits per heavy atom. The van der Waals surface area contributed by atoms with Gasteiger partial charge in [0.25, 0.3) is 0 Å². The normalized spacial score (nSPS) is 21.7. The largest absolute Gasteiger partial charge is 0.306 e. The molecule has 1 fully saturated rings. The highest BCUT2D eigenvalue weighted by molar-refractivity contribution is 5.07. The van der Waals surface area contributed by atoms with E-state index < -0.39 is 5.54 Å². The van der Waals surface area contributed by atoms with E-state index in [9.17, 15) is 5.26 Å². The van der Waals surface area contributed by atoms with Crippen LogP contribution in [0.1, 0.15) is 12.8 Å². The van der Waals surface area contributed by atoms with E-state index in [0.29, 0.717) is 0 Å². The van der Waals surface area contributed by atoms with Crippen LogP contribution in [0.4, 0.5) is 0 Å². The van der Waals surface area contributed by atoms with Gasteiger partial charge in [-0.3, -0.25) is 0 Å². The third kappa shape index (κ3) is 1.38. The Kier molecular flexibility index (Phi) is 2.22. The quantitative estimate of drug-likeness (QED) is 0.637. The van der Waals surface area contributed by atoms with Gasteiger partial charge in [0.2, 0.25) is 0 Å². The molecule has 0 aliphatic carbocycles. The van der Waals surface area contributed by atoms with E-state index in [1.807, 2.05) is 4.57 Å². The van der Waals surface area contributed by atoms with Crippen LogP contribution in [0, 0.1) is 11.3 Å². The lowest BCUT2D eigenvalue weighted by molar-refractivity contribution is 0.174. The van der Waals surface area contributed by atoms with Crippen LogP contribution in [-0.2, 0) is 5.54 Å². The summed E-state index contributed by atoms with van der Waals surface area (Å²) in [5.74, 6) is 0. The molecule has 5 nitrogen and oxygen atoms in total. The van der Waals surface area contributed by atoms with Crippen molar-refractivity contribution in [3.8, 4) is 6.07 Å². The molecule has 14 heavy (non-hydrogen) atoms. The van der Waals surface area contributed by atoms with Gasteiger partial charge in [0.05, 0.1) is 6.07 Å². The van der Waals surface area contributed by atoms with Crippen LogP contribution in [0.2, 0.25) is 0 Å². The monoisotopic (exact) mass is 191 g/mol. The lowest BCUT2D eigenvalue weighted by Crippen LogP contribution is -2.43. The van der Waals surface area contributed by atoms with E-state index in [1.165, 1.54) is 0 Å². The number of nitrogens with zero attached hydrogens (tertiary/aromatic N) is 5. The molecule has 1 aromatic rings. The van der Waals surface area contributed by atoms with E-state index in [0.717, 1.165) is 25.9 Å². The van der Waals surface area contributed by atoms with Crippen LogP contribution in [-0.4, -0.2) is 39.8 Å². The number of nitriles is 1. The SMILES string of the molecule is CN1CCC(C#N)(n2cnnc2)CC1. The second-order valence-corrected chi connectivity index (χ2v) is 3.82. The van der Waals surface area contributed by atoms with Crippen LogP contribution >= 0.6 is 0 Å². The van der Waals surface area contributed by atoms with Gasteiger partial charge in [-0.25, -0.2) is 0 Å². The summed E-state index contributed by atoms with van der Waals surface area (Å²) < 4.78 is 1.83. The molecule has 0 N–H and O–H groups in total. The molecule has 0 amide bonds. The maximum atomic E-state index is 9.25. The summed E-state index contributed by atoms with van der Waals surface area (Å²) in [6, 6.07) is 2.40. The van der Waals surface area contributed by atoms with Crippen molar-refractivity contribution in [1.82, 2.24) is 19.7 Å². The fourth-order valence-electron chi connectivity index (χ4n) is 1.84. The van der Waals surface area contributed by atoms with E-state index in [-0.39, 0.29) is 0 Å². The van der Waals surface area contributed by atoms with E-state index >= 15 is 0 Å². The fraction of sp³-hybridized carbons (Fsp3) is 0.667. The van der Waals surface area contributed by atoms with Crippen molar-refractivity contribution in [3.63, 3.8) is 0 Å². The summed E-state index contributed by atoms with van der Waals surface area (Å²) in [4.78, 5) is 2.24. The summed E-state index contributed by atoms with van der Waals surface area (Å²) in [5, 5.41) is 16.8. The number of hydrogen-bond donors (Lipinski definition) is 0. The van der Waals surface area contributed by atoms with Crippen LogP contribution in [0.25, 0.3) is 0 Å². The molecule has 2 heterocycles. The lowest BCUT2D eigenvalue weighted by atomic mass is 9.89. The second-order valence-electron chi connectivity index (χ2n) is 3.82. The molecule has 5 heteroatoms. The predicted molar refractivity (Wildman–Crippen MR) is 50.3 cm³/mol. The van der Waals surface area contributed by atoms with Crippen molar-refractivity contribution >= 4 is 0 Å². The highest BCUT2D eigenvalue weighted by Gasteiger charge is 2.35. The highest BCUT2D eigenvalue weighted by atomic mass is 15.3. The first kappa shape index (κ1) is 9.16.